The van der Waals surface area contributed by atoms with Gasteiger partial charge < -0.3 is 9.84 Å². The van der Waals surface area contributed by atoms with Crippen LogP contribution in [-0.2, 0) is 4.79 Å². The number of nitro groups is 1. The predicted octanol–water partition coefficient (Wildman–Crippen LogP) is 3.00. The molecule has 1 aromatic carbocycles. The Kier molecular flexibility index (Phi) is 4.93. The monoisotopic (exact) mass is 357 g/mol. The zero-order chi connectivity index (χ0) is 15.5. The number of ether oxygens (including phenoxy) is 1. The summed E-state index contributed by atoms with van der Waals surface area (Å²) in [6.45, 7) is -1.25. The number of carboxylic acid groups (broad SMARTS) is 1. The van der Waals surface area contributed by atoms with Crippen molar-refractivity contribution in [2.75, 3.05) is 6.61 Å². The number of nitro benzene ring substituents is 1. The summed E-state index contributed by atoms with van der Waals surface area (Å²) in [5, 5.41) is 19.2. The van der Waals surface area contributed by atoms with E-state index >= 15 is 0 Å². The minimum atomic E-state index is -5.00. The second kappa shape index (κ2) is 6.07. The molecule has 0 aliphatic rings. The fourth-order valence-electron chi connectivity index (χ4n) is 1.23. The Balaban J connectivity index is 2.94. The van der Waals surface area contributed by atoms with Gasteiger partial charge in [-0.05, 0) is 12.1 Å². The lowest BCUT2D eigenvalue weighted by Gasteiger charge is -2.16. The Labute approximate surface area is 118 Å². The van der Waals surface area contributed by atoms with E-state index in [0.717, 1.165) is 12.1 Å². The number of rotatable bonds is 5. The molecule has 0 amide bonds. The van der Waals surface area contributed by atoms with E-state index in [9.17, 15) is 28.1 Å². The molecule has 1 atom stereocenters. The molecule has 6 nitrogen and oxygen atoms in total. The lowest BCUT2D eigenvalue weighted by Crippen LogP contribution is -2.35. The number of alkyl halides is 3. The molecule has 0 spiro atoms. The van der Waals surface area contributed by atoms with Crippen LogP contribution in [0.1, 0.15) is 0 Å². The number of carboxylic acids is 1. The van der Waals surface area contributed by atoms with Crippen molar-refractivity contribution in [3.63, 3.8) is 0 Å². The topological polar surface area (TPSA) is 89.7 Å². The van der Waals surface area contributed by atoms with Gasteiger partial charge in [0.05, 0.1) is 4.92 Å². The molecule has 0 aliphatic heterocycles. The first-order valence-corrected chi connectivity index (χ1v) is 5.78. The van der Waals surface area contributed by atoms with E-state index in [2.05, 4.69) is 20.7 Å². The predicted molar refractivity (Wildman–Crippen MR) is 63.5 cm³/mol. The third kappa shape index (κ3) is 4.08. The summed E-state index contributed by atoms with van der Waals surface area (Å²) in [5.74, 6) is -5.31. The molecule has 0 heterocycles. The molecule has 0 aliphatic carbocycles. The fourth-order valence-corrected chi connectivity index (χ4v) is 1.58. The largest absolute Gasteiger partial charge is 0.486 e. The third-order valence-corrected chi connectivity index (χ3v) is 2.71. The van der Waals surface area contributed by atoms with E-state index in [1.54, 1.807) is 0 Å². The minimum Gasteiger partial charge on any atom is -0.486 e. The summed E-state index contributed by atoms with van der Waals surface area (Å²) in [6, 6.07) is 3.45. The van der Waals surface area contributed by atoms with Crippen molar-refractivity contribution in [3.8, 4) is 5.75 Å². The number of aliphatic carboxylic acids is 1. The number of nitrogens with zero attached hydrogens (tertiary/aromatic N) is 1. The molecule has 1 N–H and O–H groups in total. The van der Waals surface area contributed by atoms with Crippen LogP contribution in [0.2, 0.25) is 0 Å². The number of hydrogen-bond acceptors (Lipinski definition) is 4. The van der Waals surface area contributed by atoms with Crippen molar-refractivity contribution < 1.29 is 32.7 Å². The van der Waals surface area contributed by atoms with E-state index in [1.807, 2.05) is 0 Å². The Morgan fingerprint density at radius 1 is 1.50 bits per heavy atom. The van der Waals surface area contributed by atoms with Crippen LogP contribution in [0.4, 0.5) is 18.9 Å². The van der Waals surface area contributed by atoms with Crippen molar-refractivity contribution in [2.24, 2.45) is 5.92 Å². The second-order valence-electron chi connectivity index (χ2n) is 3.61. The molecule has 20 heavy (non-hydrogen) atoms. The highest BCUT2D eigenvalue weighted by molar-refractivity contribution is 9.10. The molecule has 1 unspecified atom stereocenters. The summed E-state index contributed by atoms with van der Waals surface area (Å²) < 4.78 is 42.2. The SMILES string of the molecule is O=C(O)C(COc1ccc(Br)cc1[N+](=O)[O-])C(F)(F)F. The number of halogens is 4. The summed E-state index contributed by atoms with van der Waals surface area (Å²) in [5.41, 5.74) is -0.564. The van der Waals surface area contributed by atoms with E-state index < -0.39 is 41.0 Å². The van der Waals surface area contributed by atoms with Crippen molar-refractivity contribution in [1.29, 1.82) is 0 Å². The Morgan fingerprint density at radius 2 is 2.10 bits per heavy atom. The smallest absolute Gasteiger partial charge is 0.405 e. The number of hydrogen-bond donors (Lipinski definition) is 1. The summed E-state index contributed by atoms with van der Waals surface area (Å²) >= 11 is 2.97. The van der Waals surface area contributed by atoms with Crippen LogP contribution in [0, 0.1) is 16.0 Å². The van der Waals surface area contributed by atoms with E-state index in [1.165, 1.54) is 6.07 Å². The van der Waals surface area contributed by atoms with Gasteiger partial charge in [0, 0.05) is 10.5 Å². The van der Waals surface area contributed by atoms with Crippen LogP contribution in [0.3, 0.4) is 0 Å². The molecule has 0 fully saturated rings. The van der Waals surface area contributed by atoms with E-state index in [4.69, 9.17) is 5.11 Å². The lowest BCUT2D eigenvalue weighted by atomic mass is 10.1. The highest BCUT2D eigenvalue weighted by Gasteiger charge is 2.46. The maximum absolute atomic E-state index is 12.4. The molecule has 0 radical (unpaired) electrons. The van der Waals surface area contributed by atoms with Gasteiger partial charge in [0.1, 0.15) is 6.61 Å². The highest BCUT2D eigenvalue weighted by Crippen LogP contribution is 2.32. The normalized spacial score (nSPS) is 12.8. The van der Waals surface area contributed by atoms with Gasteiger partial charge in [0.15, 0.2) is 11.7 Å². The Hall–Kier alpha value is -1.84. The molecule has 1 aromatic rings. The third-order valence-electron chi connectivity index (χ3n) is 2.22. The van der Waals surface area contributed by atoms with Gasteiger partial charge in [-0.25, -0.2) is 0 Å². The quantitative estimate of drug-likeness (QED) is 0.646. The van der Waals surface area contributed by atoms with Crippen LogP contribution in [0.25, 0.3) is 0 Å². The molecule has 1 rings (SSSR count). The number of carbonyl (C=O) groups is 1. The first-order valence-electron chi connectivity index (χ1n) is 4.99. The fraction of sp³-hybridized carbons (Fsp3) is 0.300. The standard InChI is InChI=1S/C10H7BrF3NO5/c11-5-1-2-8(7(3-5)15(18)19)20-4-6(9(16)17)10(12,13)14/h1-3,6H,4H2,(H,16,17). The van der Waals surface area contributed by atoms with Crippen LogP contribution in [0.15, 0.2) is 22.7 Å². The molecule has 10 heteroatoms. The Bertz CT molecular complexity index is 534. The van der Waals surface area contributed by atoms with Gasteiger partial charge in [0.2, 0.25) is 0 Å². The molecular weight excluding hydrogens is 351 g/mol. The maximum Gasteiger partial charge on any atom is 0.405 e. The average Bonchev–Trinajstić information content (AvgIpc) is 2.28. The minimum absolute atomic E-state index is 0.335. The molecule has 0 bridgehead atoms. The summed E-state index contributed by atoms with van der Waals surface area (Å²) in [7, 11) is 0. The van der Waals surface area contributed by atoms with Crippen molar-refractivity contribution in [3.05, 3.63) is 32.8 Å². The molecule has 110 valence electrons. The van der Waals surface area contributed by atoms with Crippen LogP contribution in [0.5, 0.6) is 5.75 Å². The van der Waals surface area contributed by atoms with Gasteiger partial charge in [-0.1, -0.05) is 15.9 Å². The zero-order valence-corrected chi connectivity index (χ0v) is 11.1. The molecular formula is C10H7BrF3NO5. The van der Waals surface area contributed by atoms with Gasteiger partial charge >= 0.3 is 17.8 Å². The van der Waals surface area contributed by atoms with Crippen molar-refractivity contribution in [1.82, 2.24) is 0 Å². The van der Waals surface area contributed by atoms with Gasteiger partial charge in [0.25, 0.3) is 0 Å². The summed E-state index contributed by atoms with van der Waals surface area (Å²) in [4.78, 5) is 20.4. The second-order valence-corrected chi connectivity index (χ2v) is 4.53. The maximum atomic E-state index is 12.4. The first kappa shape index (κ1) is 16.2. The van der Waals surface area contributed by atoms with Crippen LogP contribution in [-0.4, -0.2) is 28.8 Å². The Morgan fingerprint density at radius 3 is 2.55 bits per heavy atom. The van der Waals surface area contributed by atoms with E-state index in [-0.39, 0.29) is 0 Å². The van der Waals surface area contributed by atoms with Crippen molar-refractivity contribution >= 4 is 27.6 Å². The van der Waals surface area contributed by atoms with Gasteiger partial charge in [-0.15, -0.1) is 0 Å². The van der Waals surface area contributed by atoms with E-state index in [0.29, 0.717) is 4.47 Å². The lowest BCUT2D eigenvalue weighted by molar-refractivity contribution is -0.386. The van der Waals surface area contributed by atoms with Gasteiger partial charge in [-0.3, -0.25) is 14.9 Å². The van der Waals surface area contributed by atoms with Crippen LogP contribution >= 0.6 is 15.9 Å². The molecule has 0 aromatic heterocycles. The first-order chi connectivity index (χ1) is 9.12. The van der Waals surface area contributed by atoms with Crippen molar-refractivity contribution in [2.45, 2.75) is 6.18 Å². The zero-order valence-electron chi connectivity index (χ0n) is 9.56. The van der Waals surface area contributed by atoms with Crippen LogP contribution < -0.4 is 4.74 Å². The average molecular weight is 358 g/mol. The molecule has 0 saturated carbocycles. The number of benzene rings is 1. The molecule has 0 saturated heterocycles. The highest BCUT2D eigenvalue weighted by atomic mass is 79.9. The van der Waals surface area contributed by atoms with Gasteiger partial charge in [-0.2, -0.15) is 13.2 Å². The summed E-state index contributed by atoms with van der Waals surface area (Å²) in [6.07, 6.45) is -5.00.